The molecule has 2 rings (SSSR count). The van der Waals surface area contributed by atoms with E-state index in [1.54, 1.807) is 17.2 Å². The van der Waals surface area contributed by atoms with Crippen molar-refractivity contribution < 1.29 is 14.7 Å². The molecule has 1 aliphatic rings. The van der Waals surface area contributed by atoms with Gasteiger partial charge in [-0.2, -0.15) is 5.10 Å². The lowest BCUT2D eigenvalue weighted by atomic mass is 10.2. The zero-order chi connectivity index (χ0) is 13.8. The highest BCUT2D eigenvalue weighted by molar-refractivity contribution is 9.10. The van der Waals surface area contributed by atoms with Gasteiger partial charge in [0.05, 0.1) is 51.0 Å². The number of methoxy groups -OCH3 is 1. The Morgan fingerprint density at radius 3 is 2.74 bits per heavy atom. The number of nitrogens with one attached hydrogen (secondary N) is 1. The van der Waals surface area contributed by atoms with E-state index >= 15 is 0 Å². The number of benzene rings is 1. The molecule has 104 valence electrons. The van der Waals surface area contributed by atoms with Gasteiger partial charge in [-0.1, -0.05) is 0 Å². The molecule has 19 heavy (non-hydrogen) atoms. The molecule has 0 spiro atoms. The SMILES string of the molecule is COc1cc(/C=N/N2CC[NH+](C)CC2)cc(Br)c1O. The van der Waals surface area contributed by atoms with Crippen LogP contribution in [0, 0.1) is 0 Å². The van der Waals surface area contributed by atoms with Crippen LogP contribution in [0.25, 0.3) is 0 Å². The summed E-state index contributed by atoms with van der Waals surface area (Å²) >= 11 is 3.30. The Morgan fingerprint density at radius 2 is 2.11 bits per heavy atom. The predicted octanol–water partition coefficient (Wildman–Crippen LogP) is 0.327. The van der Waals surface area contributed by atoms with Crippen molar-refractivity contribution >= 4 is 22.1 Å². The zero-order valence-corrected chi connectivity index (χ0v) is 12.8. The summed E-state index contributed by atoms with van der Waals surface area (Å²) in [6, 6.07) is 3.59. The van der Waals surface area contributed by atoms with Crippen LogP contribution in [0.3, 0.4) is 0 Å². The van der Waals surface area contributed by atoms with Gasteiger partial charge in [-0.05, 0) is 33.6 Å². The summed E-state index contributed by atoms with van der Waals surface area (Å²) < 4.78 is 5.72. The van der Waals surface area contributed by atoms with Gasteiger partial charge >= 0.3 is 0 Å². The highest BCUT2D eigenvalue weighted by Crippen LogP contribution is 2.34. The van der Waals surface area contributed by atoms with Crippen molar-refractivity contribution in [3.05, 3.63) is 22.2 Å². The van der Waals surface area contributed by atoms with Crippen molar-refractivity contribution in [2.75, 3.05) is 40.3 Å². The highest BCUT2D eigenvalue weighted by atomic mass is 79.9. The molecular weight excluding hydrogens is 310 g/mol. The number of rotatable bonds is 3. The number of halogens is 1. The maximum atomic E-state index is 9.74. The summed E-state index contributed by atoms with van der Waals surface area (Å²) in [6.45, 7) is 4.16. The van der Waals surface area contributed by atoms with Gasteiger partial charge in [0.25, 0.3) is 0 Å². The van der Waals surface area contributed by atoms with Crippen LogP contribution in [-0.2, 0) is 0 Å². The Labute approximate surface area is 121 Å². The summed E-state index contributed by atoms with van der Waals surface area (Å²) in [5, 5.41) is 16.3. The molecule has 1 aromatic rings. The van der Waals surface area contributed by atoms with Crippen molar-refractivity contribution in [1.29, 1.82) is 0 Å². The van der Waals surface area contributed by atoms with Crippen LogP contribution < -0.4 is 9.64 Å². The Hall–Kier alpha value is -1.27. The highest BCUT2D eigenvalue weighted by Gasteiger charge is 2.14. The van der Waals surface area contributed by atoms with E-state index in [1.807, 2.05) is 6.07 Å². The van der Waals surface area contributed by atoms with E-state index in [0.717, 1.165) is 31.7 Å². The largest absolute Gasteiger partial charge is 0.503 e. The fourth-order valence-electron chi connectivity index (χ4n) is 1.96. The van der Waals surface area contributed by atoms with E-state index < -0.39 is 0 Å². The quantitative estimate of drug-likeness (QED) is 0.786. The number of aromatic hydroxyl groups is 1. The molecule has 0 radical (unpaired) electrons. The molecule has 0 unspecified atom stereocenters. The minimum absolute atomic E-state index is 0.114. The summed E-state index contributed by atoms with van der Waals surface area (Å²) in [4.78, 5) is 1.54. The van der Waals surface area contributed by atoms with Gasteiger partial charge in [-0.3, -0.25) is 5.01 Å². The first-order valence-corrected chi connectivity index (χ1v) is 7.06. The normalized spacial score (nSPS) is 17.1. The average molecular weight is 329 g/mol. The van der Waals surface area contributed by atoms with E-state index in [-0.39, 0.29) is 5.75 Å². The molecule has 1 fully saturated rings. The number of ether oxygens (including phenoxy) is 1. The van der Waals surface area contributed by atoms with E-state index in [1.165, 1.54) is 7.11 Å². The molecule has 2 N–H and O–H groups in total. The second-order valence-electron chi connectivity index (χ2n) is 4.71. The summed E-state index contributed by atoms with van der Waals surface area (Å²) in [5.74, 6) is 0.557. The van der Waals surface area contributed by atoms with Gasteiger partial charge in [-0.25, -0.2) is 0 Å². The third kappa shape index (κ3) is 3.61. The van der Waals surface area contributed by atoms with E-state index in [2.05, 4.69) is 33.1 Å². The zero-order valence-electron chi connectivity index (χ0n) is 11.2. The van der Waals surface area contributed by atoms with Crippen molar-refractivity contribution in [1.82, 2.24) is 5.01 Å². The molecule has 1 aromatic carbocycles. The third-order valence-electron chi connectivity index (χ3n) is 3.23. The first-order chi connectivity index (χ1) is 9.10. The van der Waals surface area contributed by atoms with Crippen molar-refractivity contribution in [2.45, 2.75) is 0 Å². The lowest BCUT2D eigenvalue weighted by Gasteiger charge is -2.27. The van der Waals surface area contributed by atoms with E-state index in [4.69, 9.17) is 4.74 Å². The molecule has 0 amide bonds. The van der Waals surface area contributed by atoms with Crippen LogP contribution in [0.5, 0.6) is 11.5 Å². The monoisotopic (exact) mass is 328 g/mol. The fraction of sp³-hybridized carbons (Fsp3) is 0.462. The number of likely N-dealkylation sites (N-methyl/N-ethyl adjacent to an activating group) is 1. The average Bonchev–Trinajstić information content (AvgIpc) is 2.41. The molecule has 1 heterocycles. The third-order valence-corrected chi connectivity index (χ3v) is 3.84. The molecule has 1 aliphatic heterocycles. The number of nitrogens with zero attached hydrogens (tertiary/aromatic N) is 2. The number of hydrogen-bond donors (Lipinski definition) is 2. The number of phenolic OH excluding ortho intramolecular Hbond substituents is 1. The second kappa shape index (κ2) is 6.25. The Morgan fingerprint density at radius 1 is 1.42 bits per heavy atom. The Balaban J connectivity index is 2.08. The summed E-state index contributed by atoms with van der Waals surface area (Å²) in [6.07, 6.45) is 1.80. The van der Waals surface area contributed by atoms with Gasteiger partial charge in [0.1, 0.15) is 0 Å². The molecule has 1 saturated heterocycles. The van der Waals surface area contributed by atoms with Crippen molar-refractivity contribution in [3.63, 3.8) is 0 Å². The fourth-order valence-corrected chi connectivity index (χ4v) is 2.42. The molecule has 6 heteroatoms. The molecular formula is C13H19BrN3O2+. The topological polar surface area (TPSA) is 49.5 Å². The minimum Gasteiger partial charge on any atom is -0.503 e. The number of hydrogen-bond acceptors (Lipinski definition) is 4. The van der Waals surface area contributed by atoms with Gasteiger partial charge in [-0.15, -0.1) is 0 Å². The number of hydrazone groups is 1. The lowest BCUT2D eigenvalue weighted by molar-refractivity contribution is -0.884. The molecule has 5 nitrogen and oxygen atoms in total. The standard InChI is InChI=1S/C13H18BrN3O2/c1-16-3-5-17(6-4-16)15-9-10-7-11(14)13(18)12(8-10)19-2/h7-9,18H,3-6H2,1-2H3/p+1/b15-9+. The number of piperazine rings is 1. The lowest BCUT2D eigenvalue weighted by Crippen LogP contribution is -3.11. The van der Waals surface area contributed by atoms with Crippen LogP contribution in [0.4, 0.5) is 0 Å². The summed E-state index contributed by atoms with van der Waals surface area (Å²) in [5.41, 5.74) is 0.896. The maximum absolute atomic E-state index is 9.74. The summed E-state index contributed by atoms with van der Waals surface area (Å²) in [7, 11) is 3.73. The van der Waals surface area contributed by atoms with Crippen LogP contribution >= 0.6 is 15.9 Å². The van der Waals surface area contributed by atoms with Crippen LogP contribution in [0.2, 0.25) is 0 Å². The molecule has 0 aliphatic carbocycles. The van der Waals surface area contributed by atoms with Crippen molar-refractivity contribution in [2.24, 2.45) is 5.10 Å². The first-order valence-electron chi connectivity index (χ1n) is 6.27. The van der Waals surface area contributed by atoms with Crippen LogP contribution in [-0.4, -0.2) is 56.7 Å². The van der Waals surface area contributed by atoms with Gasteiger partial charge in [0.2, 0.25) is 0 Å². The number of quaternary nitrogens is 1. The molecule has 0 atom stereocenters. The Kier molecular flexibility index (Phi) is 4.66. The molecule has 0 saturated carbocycles. The van der Waals surface area contributed by atoms with Gasteiger partial charge in [0, 0.05) is 0 Å². The van der Waals surface area contributed by atoms with Gasteiger partial charge in [0.15, 0.2) is 11.5 Å². The maximum Gasteiger partial charge on any atom is 0.172 e. The second-order valence-corrected chi connectivity index (χ2v) is 5.56. The molecule has 0 bridgehead atoms. The Bertz CT molecular complexity index is 471. The number of phenols is 1. The first kappa shape index (κ1) is 14.1. The van der Waals surface area contributed by atoms with E-state index in [0.29, 0.717) is 10.2 Å². The van der Waals surface area contributed by atoms with Gasteiger partial charge < -0.3 is 14.7 Å². The van der Waals surface area contributed by atoms with Crippen molar-refractivity contribution in [3.8, 4) is 11.5 Å². The van der Waals surface area contributed by atoms with Crippen LogP contribution in [0.15, 0.2) is 21.7 Å². The smallest absolute Gasteiger partial charge is 0.172 e. The molecule has 0 aromatic heterocycles. The predicted molar refractivity (Wildman–Crippen MR) is 78.1 cm³/mol. The van der Waals surface area contributed by atoms with E-state index in [9.17, 15) is 5.11 Å². The van der Waals surface area contributed by atoms with Crippen LogP contribution in [0.1, 0.15) is 5.56 Å². The minimum atomic E-state index is 0.114.